The minimum absolute atomic E-state index is 0.106. The van der Waals surface area contributed by atoms with E-state index in [1.54, 1.807) is 0 Å². The van der Waals surface area contributed by atoms with Gasteiger partial charge >= 0.3 is 0 Å². The highest BCUT2D eigenvalue weighted by atomic mass is 15.1. The lowest BCUT2D eigenvalue weighted by atomic mass is 9.75. The molecule has 0 aromatic rings. The van der Waals surface area contributed by atoms with Crippen LogP contribution in [0.4, 0.5) is 0 Å². The van der Waals surface area contributed by atoms with Crippen LogP contribution in [-0.4, -0.2) is 18.0 Å². The van der Waals surface area contributed by atoms with Gasteiger partial charge in [-0.3, -0.25) is 0 Å². The van der Waals surface area contributed by atoms with E-state index in [1.807, 2.05) is 0 Å². The van der Waals surface area contributed by atoms with Crippen molar-refractivity contribution in [2.75, 3.05) is 13.1 Å². The molecule has 0 radical (unpaired) electrons. The monoisotopic (exact) mass is 299 g/mol. The second-order valence-corrected chi connectivity index (χ2v) is 6.97. The van der Waals surface area contributed by atoms with E-state index in [0.29, 0.717) is 0 Å². The summed E-state index contributed by atoms with van der Waals surface area (Å²) in [4.78, 5) is 2.47. The van der Waals surface area contributed by atoms with Gasteiger partial charge in [0.1, 0.15) is 17.7 Å². The molecule has 1 rings (SSSR count). The summed E-state index contributed by atoms with van der Waals surface area (Å²) in [5, 5.41) is 18.4. The van der Waals surface area contributed by atoms with E-state index in [0.717, 1.165) is 31.5 Å². The topological polar surface area (TPSA) is 50.8 Å². The maximum Gasteiger partial charge on any atom is 0.132 e. The van der Waals surface area contributed by atoms with Crippen LogP contribution in [0.2, 0.25) is 0 Å². The smallest absolute Gasteiger partial charge is 0.132 e. The molecule has 0 saturated heterocycles. The number of hydrogen-bond acceptors (Lipinski definition) is 3. The predicted molar refractivity (Wildman–Crippen MR) is 90.7 cm³/mol. The molecule has 0 unspecified atom stereocenters. The van der Waals surface area contributed by atoms with Crippen molar-refractivity contribution in [1.82, 2.24) is 4.90 Å². The van der Waals surface area contributed by atoms with Gasteiger partial charge in [0.2, 0.25) is 0 Å². The van der Waals surface area contributed by atoms with Gasteiger partial charge in [0.25, 0.3) is 0 Å². The highest BCUT2D eigenvalue weighted by Crippen LogP contribution is 2.40. The SMILES string of the molecule is CCCCN(CCCC)C1=CC(=C(C#N)C#N)CC(C)(C)C1. The summed E-state index contributed by atoms with van der Waals surface area (Å²) >= 11 is 0. The van der Waals surface area contributed by atoms with E-state index >= 15 is 0 Å². The van der Waals surface area contributed by atoms with E-state index in [1.165, 1.54) is 31.4 Å². The van der Waals surface area contributed by atoms with Gasteiger partial charge in [-0.05, 0) is 42.7 Å². The normalized spacial score (nSPS) is 16.5. The Kier molecular flexibility index (Phi) is 7.19. The molecular formula is C19H29N3. The lowest BCUT2D eigenvalue weighted by Gasteiger charge is -2.37. The maximum absolute atomic E-state index is 9.18. The minimum atomic E-state index is 0.106. The van der Waals surface area contributed by atoms with Gasteiger partial charge in [-0.2, -0.15) is 10.5 Å². The lowest BCUT2D eigenvalue weighted by molar-refractivity contribution is 0.258. The third-order valence-electron chi connectivity index (χ3n) is 4.18. The highest BCUT2D eigenvalue weighted by molar-refractivity contribution is 5.47. The molecule has 3 nitrogen and oxygen atoms in total. The summed E-state index contributed by atoms with van der Waals surface area (Å²) in [6.07, 6.45) is 8.68. The first kappa shape index (κ1) is 18.3. The molecule has 0 saturated carbocycles. The van der Waals surface area contributed by atoms with Gasteiger partial charge in [0.15, 0.2) is 0 Å². The van der Waals surface area contributed by atoms with Gasteiger partial charge < -0.3 is 4.90 Å². The van der Waals surface area contributed by atoms with Crippen LogP contribution in [0.25, 0.3) is 0 Å². The average molecular weight is 299 g/mol. The summed E-state index contributed by atoms with van der Waals surface area (Å²) < 4.78 is 0. The molecule has 0 spiro atoms. The highest BCUT2D eigenvalue weighted by Gasteiger charge is 2.29. The van der Waals surface area contributed by atoms with Crippen LogP contribution in [-0.2, 0) is 0 Å². The Morgan fingerprint density at radius 2 is 1.64 bits per heavy atom. The van der Waals surface area contributed by atoms with Gasteiger partial charge in [-0.25, -0.2) is 0 Å². The first-order valence-electron chi connectivity index (χ1n) is 8.46. The van der Waals surface area contributed by atoms with Gasteiger partial charge in [-0.1, -0.05) is 40.5 Å². The van der Waals surface area contributed by atoms with Crippen LogP contribution in [0.1, 0.15) is 66.2 Å². The van der Waals surface area contributed by atoms with E-state index in [-0.39, 0.29) is 11.0 Å². The molecule has 0 aromatic carbocycles. The Morgan fingerprint density at radius 1 is 1.09 bits per heavy atom. The van der Waals surface area contributed by atoms with E-state index in [4.69, 9.17) is 0 Å². The Labute approximate surface area is 135 Å². The van der Waals surface area contributed by atoms with Crippen molar-refractivity contribution in [3.05, 3.63) is 22.9 Å². The molecule has 1 aliphatic rings. The van der Waals surface area contributed by atoms with Crippen LogP contribution < -0.4 is 0 Å². The van der Waals surface area contributed by atoms with Crippen molar-refractivity contribution < 1.29 is 0 Å². The molecule has 0 aliphatic heterocycles. The molecule has 0 amide bonds. The van der Waals surface area contributed by atoms with Gasteiger partial charge in [0, 0.05) is 18.8 Å². The molecule has 120 valence electrons. The number of unbranched alkanes of at least 4 members (excludes halogenated alkanes) is 2. The van der Waals surface area contributed by atoms with Gasteiger partial charge in [-0.15, -0.1) is 0 Å². The summed E-state index contributed by atoms with van der Waals surface area (Å²) in [5.41, 5.74) is 2.59. The molecule has 3 heteroatoms. The Hall–Kier alpha value is -1.74. The van der Waals surface area contributed by atoms with Crippen LogP contribution in [0, 0.1) is 28.1 Å². The third kappa shape index (κ3) is 5.23. The predicted octanol–water partition coefficient (Wildman–Crippen LogP) is 4.94. The molecule has 0 fully saturated rings. The lowest BCUT2D eigenvalue weighted by Crippen LogP contribution is -2.31. The Balaban J connectivity index is 3.13. The average Bonchev–Trinajstić information content (AvgIpc) is 2.47. The van der Waals surface area contributed by atoms with Crippen LogP contribution in [0.15, 0.2) is 22.9 Å². The number of rotatable bonds is 7. The molecule has 0 N–H and O–H groups in total. The van der Waals surface area contributed by atoms with Crippen molar-refractivity contribution in [2.45, 2.75) is 66.2 Å². The van der Waals surface area contributed by atoms with Crippen molar-refractivity contribution >= 4 is 0 Å². The largest absolute Gasteiger partial charge is 0.375 e. The number of nitrogens with zero attached hydrogens (tertiary/aromatic N) is 3. The zero-order valence-corrected chi connectivity index (χ0v) is 14.6. The molecule has 22 heavy (non-hydrogen) atoms. The minimum Gasteiger partial charge on any atom is -0.375 e. The molecular weight excluding hydrogens is 270 g/mol. The second-order valence-electron chi connectivity index (χ2n) is 6.97. The van der Waals surface area contributed by atoms with Crippen molar-refractivity contribution in [3.63, 3.8) is 0 Å². The molecule has 0 aromatic heterocycles. The van der Waals surface area contributed by atoms with E-state index in [9.17, 15) is 10.5 Å². The Bertz CT molecular complexity index is 488. The zero-order valence-electron chi connectivity index (χ0n) is 14.6. The van der Waals surface area contributed by atoms with Crippen LogP contribution >= 0.6 is 0 Å². The third-order valence-corrected chi connectivity index (χ3v) is 4.18. The van der Waals surface area contributed by atoms with E-state index in [2.05, 4.69) is 50.8 Å². The van der Waals surface area contributed by atoms with Crippen LogP contribution in [0.3, 0.4) is 0 Å². The second kappa shape index (κ2) is 8.64. The summed E-state index contributed by atoms with van der Waals surface area (Å²) in [7, 11) is 0. The summed E-state index contributed by atoms with van der Waals surface area (Å²) in [6.45, 7) is 11.0. The van der Waals surface area contributed by atoms with Crippen molar-refractivity contribution in [3.8, 4) is 12.1 Å². The zero-order chi connectivity index (χ0) is 16.6. The summed E-state index contributed by atoms with van der Waals surface area (Å²) in [6, 6.07) is 4.12. The maximum atomic E-state index is 9.18. The van der Waals surface area contributed by atoms with Gasteiger partial charge in [0.05, 0.1) is 0 Å². The standard InChI is InChI=1S/C19H29N3/c1-5-7-9-22(10-8-6-2)18-11-16(17(14-20)15-21)12-19(3,4)13-18/h11H,5-10,12-13H2,1-4H3. The van der Waals surface area contributed by atoms with Crippen molar-refractivity contribution in [1.29, 1.82) is 10.5 Å². The summed E-state index contributed by atoms with van der Waals surface area (Å²) in [5.74, 6) is 0. The Morgan fingerprint density at radius 3 is 2.09 bits per heavy atom. The molecule has 0 heterocycles. The van der Waals surface area contributed by atoms with Crippen LogP contribution in [0.5, 0.6) is 0 Å². The first-order valence-corrected chi connectivity index (χ1v) is 8.46. The fraction of sp³-hybridized carbons (Fsp3) is 0.684. The number of nitriles is 2. The fourth-order valence-corrected chi connectivity index (χ4v) is 3.00. The molecule has 1 aliphatic carbocycles. The van der Waals surface area contributed by atoms with E-state index < -0.39 is 0 Å². The van der Waals surface area contributed by atoms with Crippen molar-refractivity contribution in [2.24, 2.45) is 5.41 Å². The molecule has 0 bridgehead atoms. The number of hydrogen-bond donors (Lipinski definition) is 0. The quantitative estimate of drug-likeness (QED) is 0.626. The molecule has 0 atom stereocenters. The fourth-order valence-electron chi connectivity index (χ4n) is 3.00. The first-order chi connectivity index (χ1) is 10.5. The number of allylic oxidation sites excluding steroid dienone is 4.